The molecule has 0 aliphatic heterocycles. The molecule has 2 heterocycles. The maximum atomic E-state index is 9.10. The summed E-state index contributed by atoms with van der Waals surface area (Å²) in [7, 11) is 0. The van der Waals surface area contributed by atoms with Crippen molar-refractivity contribution in [2.45, 2.75) is 26.6 Å². The van der Waals surface area contributed by atoms with E-state index in [0.717, 1.165) is 30.9 Å². The average molecular weight is 333 g/mol. The molecule has 0 saturated heterocycles. The number of rotatable bonds is 6. The Morgan fingerprint density at radius 2 is 2.00 bits per heavy atom. The van der Waals surface area contributed by atoms with E-state index in [1.807, 2.05) is 36.5 Å². The van der Waals surface area contributed by atoms with Crippen LogP contribution < -0.4 is 0 Å². The van der Waals surface area contributed by atoms with Crippen LogP contribution in [0.4, 0.5) is 0 Å². The van der Waals surface area contributed by atoms with Gasteiger partial charge in [0.2, 0.25) is 0 Å². The van der Waals surface area contributed by atoms with Crippen molar-refractivity contribution in [3.05, 3.63) is 87.4 Å². The number of aryl methyl sites for hydroxylation is 1. The van der Waals surface area contributed by atoms with Crippen LogP contribution in [0, 0.1) is 18.3 Å². The fourth-order valence-corrected chi connectivity index (χ4v) is 3.60. The van der Waals surface area contributed by atoms with Crippen LogP contribution in [0.2, 0.25) is 0 Å². The average Bonchev–Trinajstić information content (AvgIpc) is 3.01. The molecular formula is C20H19N3S. The van der Waals surface area contributed by atoms with Crippen LogP contribution in [0.5, 0.6) is 0 Å². The van der Waals surface area contributed by atoms with Crippen LogP contribution in [0.15, 0.2) is 60.1 Å². The topological polar surface area (TPSA) is 39.9 Å². The zero-order chi connectivity index (χ0) is 16.8. The van der Waals surface area contributed by atoms with Crippen LogP contribution in [0.3, 0.4) is 0 Å². The summed E-state index contributed by atoms with van der Waals surface area (Å²) in [5, 5.41) is 11.2. The number of nitrogens with zero attached hydrogens (tertiary/aromatic N) is 3. The number of thiophene rings is 1. The predicted molar refractivity (Wildman–Crippen MR) is 97.4 cm³/mol. The summed E-state index contributed by atoms with van der Waals surface area (Å²) in [6.45, 7) is 4.62. The van der Waals surface area contributed by atoms with Gasteiger partial charge >= 0.3 is 0 Å². The summed E-state index contributed by atoms with van der Waals surface area (Å²) in [4.78, 5) is 8.20. The molecule has 3 nitrogen and oxygen atoms in total. The molecule has 0 radical (unpaired) electrons. The van der Waals surface area contributed by atoms with Gasteiger partial charge in [-0.25, -0.2) is 0 Å². The first-order valence-electron chi connectivity index (χ1n) is 7.89. The highest BCUT2D eigenvalue weighted by molar-refractivity contribution is 7.10. The van der Waals surface area contributed by atoms with Gasteiger partial charge in [0.25, 0.3) is 0 Å². The van der Waals surface area contributed by atoms with Gasteiger partial charge < -0.3 is 0 Å². The van der Waals surface area contributed by atoms with E-state index in [-0.39, 0.29) is 0 Å². The lowest BCUT2D eigenvalue weighted by atomic mass is 10.1. The number of benzene rings is 1. The van der Waals surface area contributed by atoms with Crippen molar-refractivity contribution in [1.82, 2.24) is 9.88 Å². The molecule has 4 heteroatoms. The number of pyridine rings is 1. The van der Waals surface area contributed by atoms with Crippen molar-refractivity contribution in [2.24, 2.45) is 0 Å². The number of nitriles is 1. The zero-order valence-electron chi connectivity index (χ0n) is 13.6. The molecule has 0 amide bonds. The van der Waals surface area contributed by atoms with Gasteiger partial charge in [0.15, 0.2) is 0 Å². The van der Waals surface area contributed by atoms with E-state index in [0.29, 0.717) is 5.56 Å². The zero-order valence-corrected chi connectivity index (χ0v) is 14.5. The monoisotopic (exact) mass is 333 g/mol. The van der Waals surface area contributed by atoms with Crippen molar-refractivity contribution in [1.29, 1.82) is 5.26 Å². The largest absolute Gasteiger partial charge is 0.288 e. The van der Waals surface area contributed by atoms with Crippen molar-refractivity contribution < 1.29 is 0 Å². The number of hydrogen-bond acceptors (Lipinski definition) is 4. The number of aromatic nitrogens is 1. The molecule has 3 rings (SSSR count). The van der Waals surface area contributed by atoms with Crippen molar-refractivity contribution >= 4 is 11.3 Å². The van der Waals surface area contributed by atoms with Crippen molar-refractivity contribution in [3.63, 3.8) is 0 Å². The van der Waals surface area contributed by atoms with Gasteiger partial charge in [0.1, 0.15) is 0 Å². The summed E-state index contributed by atoms with van der Waals surface area (Å²) in [5.74, 6) is 0. The third-order valence-electron chi connectivity index (χ3n) is 3.91. The van der Waals surface area contributed by atoms with Crippen LogP contribution in [-0.4, -0.2) is 9.88 Å². The molecular weight excluding hydrogens is 314 g/mol. The third kappa shape index (κ3) is 4.29. The lowest BCUT2D eigenvalue weighted by Crippen LogP contribution is -2.22. The van der Waals surface area contributed by atoms with Gasteiger partial charge in [0, 0.05) is 30.7 Å². The predicted octanol–water partition coefficient (Wildman–Crippen LogP) is 4.53. The molecule has 1 aromatic carbocycles. The van der Waals surface area contributed by atoms with Crippen LogP contribution in [-0.2, 0) is 19.6 Å². The lowest BCUT2D eigenvalue weighted by Gasteiger charge is -2.22. The minimum atomic E-state index is 0.706. The maximum absolute atomic E-state index is 9.10. The van der Waals surface area contributed by atoms with Crippen molar-refractivity contribution in [2.75, 3.05) is 0 Å². The molecule has 0 N–H and O–H groups in total. The fourth-order valence-electron chi connectivity index (χ4n) is 2.66. The van der Waals surface area contributed by atoms with Crippen LogP contribution in [0.1, 0.15) is 27.3 Å². The van der Waals surface area contributed by atoms with Crippen LogP contribution >= 0.6 is 11.3 Å². The standard InChI is InChI=1S/C20H19N3S/c1-16-8-10-24-20(16)15-23(14-19-7-2-3-9-22-19)13-18-6-4-5-17(11-18)12-21/h2-11H,13-15H2,1H3. The number of hydrogen-bond donors (Lipinski definition) is 0. The summed E-state index contributed by atoms with van der Waals surface area (Å²) in [6.07, 6.45) is 1.83. The maximum Gasteiger partial charge on any atom is 0.0991 e. The Hall–Kier alpha value is -2.48. The summed E-state index contributed by atoms with van der Waals surface area (Å²) in [6, 6.07) is 18.2. The minimum Gasteiger partial charge on any atom is -0.288 e. The van der Waals surface area contributed by atoms with Gasteiger partial charge in [-0.05, 0) is 53.8 Å². The first-order valence-corrected chi connectivity index (χ1v) is 8.77. The molecule has 0 aliphatic carbocycles. The molecule has 0 aliphatic rings. The molecule has 0 saturated carbocycles. The lowest BCUT2D eigenvalue weighted by molar-refractivity contribution is 0.246. The van der Waals surface area contributed by atoms with E-state index in [1.54, 1.807) is 11.3 Å². The molecule has 0 spiro atoms. The Morgan fingerprint density at radius 3 is 2.71 bits per heavy atom. The molecule has 24 heavy (non-hydrogen) atoms. The van der Waals surface area contributed by atoms with E-state index in [2.05, 4.69) is 46.5 Å². The second kappa shape index (κ2) is 7.87. The summed E-state index contributed by atoms with van der Waals surface area (Å²) >= 11 is 1.79. The van der Waals surface area contributed by atoms with E-state index in [1.165, 1.54) is 10.4 Å². The Kier molecular flexibility index (Phi) is 5.37. The van der Waals surface area contributed by atoms with Gasteiger partial charge in [0.05, 0.1) is 17.3 Å². The Labute approximate surface area is 146 Å². The quantitative estimate of drug-likeness (QED) is 0.665. The van der Waals surface area contributed by atoms with Gasteiger partial charge in [-0.1, -0.05) is 18.2 Å². The highest BCUT2D eigenvalue weighted by Gasteiger charge is 2.11. The third-order valence-corrected chi connectivity index (χ3v) is 4.92. The highest BCUT2D eigenvalue weighted by atomic mass is 32.1. The molecule has 0 atom stereocenters. The second-order valence-corrected chi connectivity index (χ2v) is 6.81. The first kappa shape index (κ1) is 16.4. The summed E-state index contributed by atoms with van der Waals surface area (Å²) in [5.41, 5.74) is 4.25. The SMILES string of the molecule is Cc1ccsc1CN(Cc1cccc(C#N)c1)Cc1ccccn1. The van der Waals surface area contributed by atoms with E-state index >= 15 is 0 Å². The normalized spacial score (nSPS) is 10.7. The van der Waals surface area contributed by atoms with Gasteiger partial charge in [-0.3, -0.25) is 9.88 Å². The first-order chi connectivity index (χ1) is 11.7. The highest BCUT2D eigenvalue weighted by Crippen LogP contribution is 2.20. The molecule has 0 fully saturated rings. The van der Waals surface area contributed by atoms with Gasteiger partial charge in [-0.15, -0.1) is 11.3 Å². The molecule has 120 valence electrons. The molecule has 2 aromatic heterocycles. The Morgan fingerprint density at radius 1 is 1.08 bits per heavy atom. The summed E-state index contributed by atoms with van der Waals surface area (Å²) < 4.78 is 0. The fraction of sp³-hybridized carbons (Fsp3) is 0.200. The molecule has 3 aromatic rings. The molecule has 0 unspecified atom stereocenters. The van der Waals surface area contributed by atoms with Gasteiger partial charge in [-0.2, -0.15) is 5.26 Å². The smallest absolute Gasteiger partial charge is 0.0991 e. The van der Waals surface area contributed by atoms with Crippen molar-refractivity contribution in [3.8, 4) is 6.07 Å². The Balaban J connectivity index is 1.81. The van der Waals surface area contributed by atoms with E-state index in [4.69, 9.17) is 5.26 Å². The minimum absolute atomic E-state index is 0.706. The van der Waals surface area contributed by atoms with E-state index < -0.39 is 0 Å². The second-order valence-electron chi connectivity index (χ2n) is 5.81. The van der Waals surface area contributed by atoms with Crippen LogP contribution in [0.25, 0.3) is 0 Å². The Bertz CT molecular complexity index is 833. The van der Waals surface area contributed by atoms with E-state index in [9.17, 15) is 0 Å². The molecule has 0 bridgehead atoms.